The van der Waals surface area contributed by atoms with Crippen LogP contribution >= 0.6 is 0 Å². The van der Waals surface area contributed by atoms with E-state index < -0.39 is 14.6 Å². The summed E-state index contributed by atoms with van der Waals surface area (Å²) in [4.78, 5) is 0. The zero-order valence-corrected chi connectivity index (χ0v) is 13.0. The predicted octanol–water partition coefficient (Wildman–Crippen LogP) is 2.16. The van der Waals surface area contributed by atoms with Gasteiger partial charge in [0.25, 0.3) is 0 Å². The third-order valence-corrected chi connectivity index (χ3v) is 5.37. The lowest BCUT2D eigenvalue weighted by atomic mass is 10.2. The second kappa shape index (κ2) is 6.14. The minimum Gasteiger partial charge on any atom is -0.497 e. The first kappa shape index (κ1) is 16.3. The zero-order chi connectivity index (χ0) is 15.4. The van der Waals surface area contributed by atoms with Gasteiger partial charge in [-0.05, 0) is 32.9 Å². The minimum atomic E-state index is -3.22. The van der Waals surface area contributed by atoms with E-state index in [2.05, 4.69) is 0 Å². The van der Waals surface area contributed by atoms with Crippen molar-refractivity contribution in [3.63, 3.8) is 0 Å². The summed E-state index contributed by atoms with van der Waals surface area (Å²) >= 11 is 0. The highest BCUT2D eigenvalue weighted by Crippen LogP contribution is 2.23. The first-order chi connectivity index (χ1) is 9.19. The fraction of sp³-hybridized carbons (Fsp3) is 0.500. The molecule has 6 heteroatoms. The highest BCUT2D eigenvalue weighted by atomic mass is 32.2. The Kier molecular flexibility index (Phi) is 5.01. The second-order valence-corrected chi connectivity index (χ2v) is 8.15. The van der Waals surface area contributed by atoms with E-state index in [-0.39, 0.29) is 12.4 Å². The van der Waals surface area contributed by atoms with E-state index in [1.54, 1.807) is 39.0 Å². The molecule has 0 saturated heterocycles. The topological polar surface area (TPSA) is 76.4 Å². The standard InChI is InChI=1S/C14H19NO4S/c1-14(2,3)20(16,17)6-5-19-13-8-11(10-15)7-12(9-13)18-4/h7-9H,5-6H2,1-4H3. The van der Waals surface area contributed by atoms with Crippen molar-refractivity contribution in [1.82, 2.24) is 0 Å². The van der Waals surface area contributed by atoms with Crippen molar-refractivity contribution >= 4 is 9.84 Å². The highest BCUT2D eigenvalue weighted by Gasteiger charge is 2.28. The van der Waals surface area contributed by atoms with Crippen molar-refractivity contribution in [2.45, 2.75) is 25.5 Å². The van der Waals surface area contributed by atoms with Gasteiger partial charge in [0.05, 0.1) is 29.2 Å². The maximum Gasteiger partial charge on any atom is 0.158 e. The SMILES string of the molecule is COc1cc(C#N)cc(OCCS(=O)(=O)C(C)(C)C)c1. The number of ether oxygens (including phenoxy) is 2. The summed E-state index contributed by atoms with van der Waals surface area (Å²) in [5, 5.41) is 8.89. The predicted molar refractivity (Wildman–Crippen MR) is 76.7 cm³/mol. The molecule has 0 fully saturated rings. The van der Waals surface area contributed by atoms with Crippen LogP contribution in [-0.2, 0) is 9.84 Å². The number of sulfone groups is 1. The number of nitriles is 1. The fourth-order valence-corrected chi connectivity index (χ4v) is 2.33. The molecule has 0 heterocycles. The Hall–Kier alpha value is -1.74. The van der Waals surface area contributed by atoms with E-state index in [4.69, 9.17) is 14.7 Å². The van der Waals surface area contributed by atoms with Crippen molar-refractivity contribution in [2.75, 3.05) is 19.5 Å². The van der Waals surface area contributed by atoms with E-state index in [1.807, 2.05) is 6.07 Å². The first-order valence-electron chi connectivity index (χ1n) is 6.14. The van der Waals surface area contributed by atoms with Crippen LogP contribution in [0, 0.1) is 11.3 Å². The van der Waals surface area contributed by atoms with Crippen LogP contribution in [0.1, 0.15) is 26.3 Å². The molecule has 0 aliphatic rings. The Morgan fingerprint density at radius 3 is 2.30 bits per heavy atom. The van der Waals surface area contributed by atoms with Crippen molar-refractivity contribution in [3.05, 3.63) is 23.8 Å². The van der Waals surface area contributed by atoms with Gasteiger partial charge in [-0.25, -0.2) is 8.42 Å². The highest BCUT2D eigenvalue weighted by molar-refractivity contribution is 7.92. The minimum absolute atomic E-state index is 0.0393. The van der Waals surface area contributed by atoms with E-state index in [0.29, 0.717) is 17.1 Å². The molecule has 0 atom stereocenters. The van der Waals surface area contributed by atoms with Gasteiger partial charge in [-0.3, -0.25) is 0 Å². The van der Waals surface area contributed by atoms with Crippen LogP contribution in [0.15, 0.2) is 18.2 Å². The molecule has 0 aliphatic carbocycles. The molecule has 1 rings (SSSR count). The van der Waals surface area contributed by atoms with Crippen LogP contribution in [0.3, 0.4) is 0 Å². The number of hydrogen-bond acceptors (Lipinski definition) is 5. The Morgan fingerprint density at radius 2 is 1.80 bits per heavy atom. The van der Waals surface area contributed by atoms with Crippen LogP contribution in [0.2, 0.25) is 0 Å². The summed E-state index contributed by atoms with van der Waals surface area (Å²) in [6, 6.07) is 6.74. The van der Waals surface area contributed by atoms with Gasteiger partial charge in [-0.1, -0.05) is 0 Å². The molecule has 0 radical (unpaired) electrons. The van der Waals surface area contributed by atoms with Crippen LogP contribution in [0.4, 0.5) is 0 Å². The molecular formula is C14H19NO4S. The zero-order valence-electron chi connectivity index (χ0n) is 12.1. The molecule has 0 N–H and O–H groups in total. The summed E-state index contributed by atoms with van der Waals surface area (Å²) in [5.74, 6) is 0.845. The summed E-state index contributed by atoms with van der Waals surface area (Å²) < 4.78 is 33.5. The molecule has 0 spiro atoms. The van der Waals surface area contributed by atoms with Gasteiger partial charge >= 0.3 is 0 Å². The molecule has 0 amide bonds. The van der Waals surface area contributed by atoms with Gasteiger partial charge in [0.15, 0.2) is 9.84 Å². The van der Waals surface area contributed by atoms with Crippen LogP contribution in [0.5, 0.6) is 11.5 Å². The van der Waals surface area contributed by atoms with Gasteiger partial charge in [-0.2, -0.15) is 5.26 Å². The number of methoxy groups -OCH3 is 1. The van der Waals surface area contributed by atoms with Crippen molar-refractivity contribution in [3.8, 4) is 17.6 Å². The van der Waals surface area contributed by atoms with Gasteiger partial charge in [0.1, 0.15) is 18.1 Å². The summed E-state index contributed by atoms with van der Waals surface area (Å²) in [6.07, 6.45) is 0. The molecule has 0 aromatic heterocycles. The van der Waals surface area contributed by atoms with E-state index in [9.17, 15) is 8.42 Å². The molecule has 110 valence electrons. The molecule has 0 saturated carbocycles. The number of hydrogen-bond donors (Lipinski definition) is 0. The quantitative estimate of drug-likeness (QED) is 0.832. The second-order valence-electron chi connectivity index (χ2n) is 5.29. The summed E-state index contributed by atoms with van der Waals surface area (Å²) in [6.45, 7) is 5.00. The number of nitrogens with zero attached hydrogens (tertiary/aromatic N) is 1. The van der Waals surface area contributed by atoms with Gasteiger partial charge < -0.3 is 9.47 Å². The van der Waals surface area contributed by atoms with Crippen molar-refractivity contribution < 1.29 is 17.9 Å². The lowest BCUT2D eigenvalue weighted by Gasteiger charge is -2.19. The largest absolute Gasteiger partial charge is 0.497 e. The summed E-state index contributed by atoms with van der Waals surface area (Å²) in [5.41, 5.74) is 0.401. The maximum atomic E-state index is 11.9. The smallest absolute Gasteiger partial charge is 0.158 e. The first-order valence-corrected chi connectivity index (χ1v) is 7.79. The molecule has 0 aliphatic heterocycles. The average molecular weight is 297 g/mol. The van der Waals surface area contributed by atoms with Gasteiger partial charge in [0.2, 0.25) is 0 Å². The van der Waals surface area contributed by atoms with Crippen molar-refractivity contribution in [1.29, 1.82) is 5.26 Å². The molecule has 1 aromatic carbocycles. The number of rotatable bonds is 5. The van der Waals surface area contributed by atoms with E-state index >= 15 is 0 Å². The maximum absolute atomic E-state index is 11.9. The molecule has 1 aromatic rings. The Balaban J connectivity index is 2.75. The van der Waals surface area contributed by atoms with Crippen LogP contribution in [0.25, 0.3) is 0 Å². The van der Waals surface area contributed by atoms with Gasteiger partial charge in [0, 0.05) is 6.07 Å². The molecular weight excluding hydrogens is 278 g/mol. The molecule has 20 heavy (non-hydrogen) atoms. The normalized spacial score (nSPS) is 11.8. The van der Waals surface area contributed by atoms with Crippen LogP contribution < -0.4 is 9.47 Å². The third-order valence-electron chi connectivity index (χ3n) is 2.80. The van der Waals surface area contributed by atoms with Crippen molar-refractivity contribution in [2.24, 2.45) is 0 Å². The Bertz CT molecular complexity index is 609. The fourth-order valence-electron chi connectivity index (χ4n) is 1.41. The lowest BCUT2D eigenvalue weighted by Crippen LogP contribution is -2.32. The average Bonchev–Trinajstić information content (AvgIpc) is 2.36. The van der Waals surface area contributed by atoms with E-state index in [0.717, 1.165) is 0 Å². The van der Waals surface area contributed by atoms with Crippen LogP contribution in [-0.4, -0.2) is 32.6 Å². The molecule has 5 nitrogen and oxygen atoms in total. The Morgan fingerprint density at radius 1 is 1.20 bits per heavy atom. The monoisotopic (exact) mass is 297 g/mol. The summed E-state index contributed by atoms with van der Waals surface area (Å²) in [7, 11) is -1.73. The number of benzene rings is 1. The third kappa shape index (κ3) is 4.14. The molecule has 0 unspecified atom stereocenters. The molecule has 0 bridgehead atoms. The lowest BCUT2D eigenvalue weighted by molar-refractivity contribution is 0.335. The van der Waals surface area contributed by atoms with Gasteiger partial charge in [-0.15, -0.1) is 0 Å². The van der Waals surface area contributed by atoms with E-state index in [1.165, 1.54) is 7.11 Å². The Labute approximate surface area is 120 Å².